The van der Waals surface area contributed by atoms with Crippen molar-refractivity contribution >= 4 is 34.5 Å². The number of benzene rings is 1. The van der Waals surface area contributed by atoms with Crippen LogP contribution in [0.1, 0.15) is 16.2 Å². The zero-order valence-electron chi connectivity index (χ0n) is 14.4. The fraction of sp³-hybridized carbons (Fsp3) is 0.263. The van der Waals surface area contributed by atoms with Crippen LogP contribution in [0.3, 0.4) is 0 Å². The molecule has 0 unspecified atom stereocenters. The van der Waals surface area contributed by atoms with Crippen LogP contribution in [-0.2, 0) is 4.74 Å². The molecular weight excluding hydrogens is 352 g/mol. The second-order valence-corrected chi connectivity index (χ2v) is 6.67. The first-order chi connectivity index (χ1) is 12.6. The highest BCUT2D eigenvalue weighted by Gasteiger charge is 2.18. The molecule has 0 atom stereocenters. The SMILES string of the molecule is Cc1cccc2nc(C(=O)Nc3cc(Cl)ccc3N3CCOCC3)cn12. The fourth-order valence-corrected chi connectivity index (χ4v) is 3.30. The number of anilines is 2. The molecule has 134 valence electrons. The van der Waals surface area contributed by atoms with Crippen LogP contribution in [0.15, 0.2) is 42.6 Å². The average Bonchev–Trinajstić information content (AvgIpc) is 3.09. The number of amides is 1. The highest BCUT2D eigenvalue weighted by atomic mass is 35.5. The molecule has 0 saturated carbocycles. The monoisotopic (exact) mass is 370 g/mol. The van der Waals surface area contributed by atoms with Gasteiger partial charge in [-0.05, 0) is 37.3 Å². The lowest BCUT2D eigenvalue weighted by Crippen LogP contribution is -2.36. The molecule has 7 heteroatoms. The molecule has 0 spiro atoms. The van der Waals surface area contributed by atoms with Crippen molar-refractivity contribution in [2.45, 2.75) is 6.92 Å². The zero-order valence-corrected chi connectivity index (χ0v) is 15.2. The number of aryl methyl sites for hydroxylation is 1. The quantitative estimate of drug-likeness (QED) is 0.767. The number of rotatable bonds is 3. The van der Waals surface area contributed by atoms with Gasteiger partial charge in [0.05, 0.1) is 24.6 Å². The van der Waals surface area contributed by atoms with Crippen molar-refractivity contribution in [2.75, 3.05) is 36.5 Å². The molecule has 0 radical (unpaired) electrons. The Bertz CT molecular complexity index is 963. The van der Waals surface area contributed by atoms with Crippen LogP contribution in [-0.4, -0.2) is 41.6 Å². The molecule has 1 amide bonds. The van der Waals surface area contributed by atoms with Gasteiger partial charge in [0.2, 0.25) is 0 Å². The van der Waals surface area contributed by atoms with E-state index in [2.05, 4.69) is 15.2 Å². The van der Waals surface area contributed by atoms with Crippen molar-refractivity contribution in [3.63, 3.8) is 0 Å². The van der Waals surface area contributed by atoms with Gasteiger partial charge >= 0.3 is 0 Å². The number of halogens is 1. The lowest BCUT2D eigenvalue weighted by atomic mass is 10.2. The molecular formula is C19H19ClN4O2. The van der Waals surface area contributed by atoms with E-state index in [1.807, 2.05) is 41.7 Å². The Labute approximate surface area is 156 Å². The van der Waals surface area contributed by atoms with Crippen molar-refractivity contribution in [3.05, 3.63) is 59.0 Å². The summed E-state index contributed by atoms with van der Waals surface area (Å²) >= 11 is 6.16. The third-order valence-corrected chi connectivity index (χ3v) is 4.72. The van der Waals surface area contributed by atoms with E-state index in [-0.39, 0.29) is 5.91 Å². The number of aromatic nitrogens is 2. The normalized spacial score (nSPS) is 14.6. The first-order valence-corrected chi connectivity index (χ1v) is 8.88. The zero-order chi connectivity index (χ0) is 18.1. The summed E-state index contributed by atoms with van der Waals surface area (Å²) in [6.45, 7) is 4.86. The first-order valence-electron chi connectivity index (χ1n) is 8.50. The molecule has 3 heterocycles. The largest absolute Gasteiger partial charge is 0.378 e. The Morgan fingerprint density at radius 2 is 2.04 bits per heavy atom. The number of hydrogen-bond donors (Lipinski definition) is 1. The van der Waals surface area contributed by atoms with E-state index in [0.29, 0.717) is 29.6 Å². The number of pyridine rings is 1. The Kier molecular flexibility index (Phi) is 4.53. The molecule has 0 bridgehead atoms. The number of morpholine rings is 1. The van der Waals surface area contributed by atoms with Crippen LogP contribution in [0.25, 0.3) is 5.65 Å². The van der Waals surface area contributed by atoms with Crippen molar-refractivity contribution in [3.8, 4) is 0 Å². The van der Waals surface area contributed by atoms with E-state index in [1.54, 1.807) is 12.3 Å². The highest BCUT2D eigenvalue weighted by molar-refractivity contribution is 6.31. The maximum Gasteiger partial charge on any atom is 0.275 e. The first kappa shape index (κ1) is 16.9. The van der Waals surface area contributed by atoms with Crippen LogP contribution >= 0.6 is 11.6 Å². The summed E-state index contributed by atoms with van der Waals surface area (Å²) in [7, 11) is 0. The van der Waals surface area contributed by atoms with Gasteiger partial charge in [-0.15, -0.1) is 0 Å². The Morgan fingerprint density at radius 3 is 2.81 bits per heavy atom. The van der Waals surface area contributed by atoms with E-state index in [1.165, 1.54) is 0 Å². The molecule has 26 heavy (non-hydrogen) atoms. The van der Waals surface area contributed by atoms with Crippen LogP contribution < -0.4 is 10.2 Å². The minimum absolute atomic E-state index is 0.259. The minimum atomic E-state index is -0.259. The number of nitrogens with one attached hydrogen (secondary N) is 1. The molecule has 2 aromatic heterocycles. The molecule has 1 aromatic carbocycles. The minimum Gasteiger partial charge on any atom is -0.378 e. The van der Waals surface area contributed by atoms with Crippen LogP contribution in [0.5, 0.6) is 0 Å². The van der Waals surface area contributed by atoms with Gasteiger partial charge in [-0.3, -0.25) is 4.79 Å². The van der Waals surface area contributed by atoms with Gasteiger partial charge in [-0.25, -0.2) is 4.98 Å². The molecule has 1 saturated heterocycles. The molecule has 1 fully saturated rings. The summed E-state index contributed by atoms with van der Waals surface area (Å²) in [6.07, 6.45) is 1.75. The smallest absolute Gasteiger partial charge is 0.275 e. The van der Waals surface area contributed by atoms with Gasteiger partial charge in [-0.2, -0.15) is 0 Å². The second kappa shape index (κ2) is 6.97. The molecule has 3 aromatic rings. The Hall–Kier alpha value is -2.57. The van der Waals surface area contributed by atoms with E-state index in [0.717, 1.165) is 30.1 Å². The maximum atomic E-state index is 12.8. The van der Waals surface area contributed by atoms with Gasteiger partial charge in [0.1, 0.15) is 11.3 Å². The van der Waals surface area contributed by atoms with Crippen LogP contribution in [0.4, 0.5) is 11.4 Å². The summed E-state index contributed by atoms with van der Waals surface area (Å²) in [5.74, 6) is -0.259. The second-order valence-electron chi connectivity index (χ2n) is 6.24. The van der Waals surface area contributed by atoms with Crippen molar-refractivity contribution in [1.29, 1.82) is 0 Å². The number of carbonyl (C=O) groups excluding carboxylic acids is 1. The predicted octanol–water partition coefficient (Wildman–Crippen LogP) is 3.39. The number of imidazole rings is 1. The number of ether oxygens (including phenoxy) is 1. The highest BCUT2D eigenvalue weighted by Crippen LogP contribution is 2.30. The van der Waals surface area contributed by atoms with E-state index in [4.69, 9.17) is 16.3 Å². The summed E-state index contributed by atoms with van der Waals surface area (Å²) in [6, 6.07) is 11.3. The topological polar surface area (TPSA) is 58.9 Å². The molecule has 1 N–H and O–H groups in total. The van der Waals surface area contributed by atoms with Gasteiger partial charge in [0.15, 0.2) is 0 Å². The molecule has 0 aliphatic carbocycles. The van der Waals surface area contributed by atoms with E-state index >= 15 is 0 Å². The molecule has 1 aliphatic rings. The van der Waals surface area contributed by atoms with Gasteiger partial charge in [0.25, 0.3) is 5.91 Å². The van der Waals surface area contributed by atoms with E-state index in [9.17, 15) is 4.79 Å². The number of carbonyl (C=O) groups is 1. The number of hydrogen-bond acceptors (Lipinski definition) is 4. The fourth-order valence-electron chi connectivity index (χ4n) is 3.13. The third kappa shape index (κ3) is 3.25. The number of nitrogens with zero attached hydrogens (tertiary/aromatic N) is 3. The molecule has 6 nitrogen and oxygen atoms in total. The van der Waals surface area contributed by atoms with Gasteiger partial charge in [0, 0.05) is 30.0 Å². The Morgan fingerprint density at radius 1 is 1.23 bits per heavy atom. The van der Waals surface area contributed by atoms with Crippen LogP contribution in [0.2, 0.25) is 5.02 Å². The predicted molar refractivity (Wildman–Crippen MR) is 102 cm³/mol. The van der Waals surface area contributed by atoms with E-state index < -0.39 is 0 Å². The molecule has 1 aliphatic heterocycles. The van der Waals surface area contributed by atoms with Crippen molar-refractivity contribution in [1.82, 2.24) is 9.38 Å². The van der Waals surface area contributed by atoms with Gasteiger partial charge < -0.3 is 19.4 Å². The van der Waals surface area contributed by atoms with Crippen molar-refractivity contribution in [2.24, 2.45) is 0 Å². The third-order valence-electron chi connectivity index (χ3n) is 4.49. The standard InChI is InChI=1S/C19H19ClN4O2/c1-13-3-2-4-18-21-16(12-24(13)18)19(25)22-15-11-14(20)5-6-17(15)23-7-9-26-10-8-23/h2-6,11-12H,7-10H2,1H3,(H,22,25). The summed E-state index contributed by atoms with van der Waals surface area (Å²) in [5, 5.41) is 3.54. The lowest BCUT2D eigenvalue weighted by molar-refractivity contribution is 0.102. The lowest BCUT2D eigenvalue weighted by Gasteiger charge is -2.30. The van der Waals surface area contributed by atoms with Crippen molar-refractivity contribution < 1.29 is 9.53 Å². The summed E-state index contributed by atoms with van der Waals surface area (Å²) in [5.41, 5.74) is 3.75. The van der Waals surface area contributed by atoms with Gasteiger partial charge in [-0.1, -0.05) is 17.7 Å². The number of fused-ring (bicyclic) bond motifs is 1. The maximum absolute atomic E-state index is 12.8. The Balaban J connectivity index is 1.64. The average molecular weight is 371 g/mol. The van der Waals surface area contributed by atoms with Crippen LogP contribution in [0, 0.1) is 6.92 Å². The summed E-state index contributed by atoms with van der Waals surface area (Å²) < 4.78 is 7.31. The summed E-state index contributed by atoms with van der Waals surface area (Å²) in [4.78, 5) is 19.4. The molecule has 4 rings (SSSR count).